The predicted molar refractivity (Wildman–Crippen MR) is 137 cm³/mol. The van der Waals surface area contributed by atoms with Crippen molar-refractivity contribution in [3.8, 4) is 5.75 Å². The van der Waals surface area contributed by atoms with Crippen LogP contribution in [0.5, 0.6) is 5.75 Å². The number of aliphatic imine (C=N–C) groups is 1. The van der Waals surface area contributed by atoms with Gasteiger partial charge in [-0.3, -0.25) is 0 Å². The smallest absolute Gasteiger partial charge is 0.194 e. The van der Waals surface area contributed by atoms with E-state index in [0.717, 1.165) is 63.8 Å². The van der Waals surface area contributed by atoms with Gasteiger partial charge in [-0.15, -0.1) is 24.0 Å². The molecule has 0 bridgehead atoms. The predicted octanol–water partition coefficient (Wildman–Crippen LogP) is 4.32. The van der Waals surface area contributed by atoms with Gasteiger partial charge >= 0.3 is 0 Å². The number of nitrogens with zero attached hydrogens (tertiary/aromatic N) is 2. The fraction of sp³-hybridized carbons (Fsp3) is 0.708. The summed E-state index contributed by atoms with van der Waals surface area (Å²) in [6, 6.07) is 6.31. The van der Waals surface area contributed by atoms with E-state index in [9.17, 15) is 0 Å². The van der Waals surface area contributed by atoms with Crippen LogP contribution in [0, 0.1) is 13.8 Å². The van der Waals surface area contributed by atoms with Gasteiger partial charge in [-0.25, -0.2) is 4.99 Å². The van der Waals surface area contributed by atoms with Crippen molar-refractivity contribution < 1.29 is 14.2 Å². The van der Waals surface area contributed by atoms with E-state index in [1.54, 1.807) is 0 Å². The van der Waals surface area contributed by atoms with Crippen LogP contribution >= 0.6 is 24.0 Å². The minimum atomic E-state index is 0. The van der Waals surface area contributed by atoms with Crippen molar-refractivity contribution in [1.82, 2.24) is 10.2 Å². The lowest BCUT2D eigenvalue weighted by molar-refractivity contribution is -0.0721. The van der Waals surface area contributed by atoms with Gasteiger partial charge in [-0.1, -0.05) is 6.07 Å². The van der Waals surface area contributed by atoms with Gasteiger partial charge in [0.15, 0.2) is 5.96 Å². The number of rotatable bonds is 8. The maximum atomic E-state index is 6.15. The molecule has 0 radical (unpaired) electrons. The van der Waals surface area contributed by atoms with Crippen molar-refractivity contribution in [3.63, 3.8) is 0 Å². The van der Waals surface area contributed by atoms with Crippen LogP contribution in [0.25, 0.3) is 0 Å². The second-order valence-corrected chi connectivity index (χ2v) is 8.42. The van der Waals surface area contributed by atoms with Gasteiger partial charge in [-0.05, 0) is 76.1 Å². The Morgan fingerprint density at radius 3 is 2.52 bits per heavy atom. The molecule has 7 heteroatoms. The largest absolute Gasteiger partial charge is 0.492 e. The number of piperidine rings is 1. The molecule has 0 spiro atoms. The number of guanidine groups is 1. The van der Waals surface area contributed by atoms with Crippen LogP contribution in [0.3, 0.4) is 0 Å². The van der Waals surface area contributed by atoms with Crippen molar-refractivity contribution in [3.05, 3.63) is 29.3 Å². The van der Waals surface area contributed by atoms with Crippen LogP contribution in [0.2, 0.25) is 0 Å². The molecule has 2 saturated heterocycles. The Morgan fingerprint density at radius 2 is 1.87 bits per heavy atom. The fourth-order valence-electron chi connectivity index (χ4n) is 4.17. The van der Waals surface area contributed by atoms with Gasteiger partial charge in [0.05, 0.1) is 25.4 Å². The summed E-state index contributed by atoms with van der Waals surface area (Å²) in [6.07, 6.45) is 6.31. The Kier molecular flexibility index (Phi) is 12.0. The highest BCUT2D eigenvalue weighted by Gasteiger charge is 2.23. The molecule has 2 fully saturated rings. The fourth-order valence-corrected chi connectivity index (χ4v) is 4.17. The standard InChI is InChI=1S/C24H39N3O3.HI/c1-4-25-24(26-10-14-29-23-16-19(2)15-20(3)17-23)27-11-8-21(9-12-27)30-18-22-7-5-6-13-28-22;/h15-17,21-22H,4-14,18H2,1-3H3,(H,25,26);1H. The molecule has 176 valence electrons. The summed E-state index contributed by atoms with van der Waals surface area (Å²) in [5.41, 5.74) is 2.45. The molecule has 2 heterocycles. The van der Waals surface area contributed by atoms with E-state index in [1.165, 1.54) is 24.0 Å². The van der Waals surface area contributed by atoms with E-state index in [4.69, 9.17) is 19.2 Å². The van der Waals surface area contributed by atoms with Gasteiger partial charge in [0.2, 0.25) is 0 Å². The highest BCUT2D eigenvalue weighted by molar-refractivity contribution is 14.0. The van der Waals surface area contributed by atoms with Crippen LogP contribution in [0.15, 0.2) is 23.2 Å². The van der Waals surface area contributed by atoms with Crippen LogP contribution in [-0.2, 0) is 9.47 Å². The lowest BCUT2D eigenvalue weighted by Gasteiger charge is -2.35. The Balaban J connectivity index is 0.00000341. The third-order valence-corrected chi connectivity index (χ3v) is 5.69. The Bertz CT molecular complexity index is 652. The van der Waals surface area contributed by atoms with Crippen molar-refractivity contribution in [2.24, 2.45) is 4.99 Å². The minimum absolute atomic E-state index is 0. The average Bonchev–Trinajstić information content (AvgIpc) is 2.75. The molecule has 2 aliphatic rings. The van der Waals surface area contributed by atoms with Gasteiger partial charge in [0.25, 0.3) is 0 Å². The molecular formula is C24H40IN3O3. The van der Waals surface area contributed by atoms with Crippen LogP contribution in [0.1, 0.15) is 50.2 Å². The number of hydrogen-bond donors (Lipinski definition) is 1. The third kappa shape index (κ3) is 9.14. The third-order valence-electron chi connectivity index (χ3n) is 5.69. The van der Waals surface area contributed by atoms with Gasteiger partial charge in [0, 0.05) is 26.2 Å². The molecule has 31 heavy (non-hydrogen) atoms. The van der Waals surface area contributed by atoms with Gasteiger partial charge < -0.3 is 24.4 Å². The number of ether oxygens (including phenoxy) is 3. The summed E-state index contributed by atoms with van der Waals surface area (Å²) in [5.74, 6) is 1.91. The second kappa shape index (κ2) is 14.2. The Morgan fingerprint density at radius 1 is 1.13 bits per heavy atom. The molecule has 0 saturated carbocycles. The maximum Gasteiger partial charge on any atom is 0.194 e. The first-order chi connectivity index (χ1) is 14.6. The molecule has 1 aromatic rings. The first-order valence-corrected chi connectivity index (χ1v) is 11.6. The zero-order chi connectivity index (χ0) is 21.2. The maximum absolute atomic E-state index is 6.15. The Labute approximate surface area is 205 Å². The zero-order valence-corrected chi connectivity index (χ0v) is 21.7. The summed E-state index contributed by atoms with van der Waals surface area (Å²) in [6.45, 7) is 12.0. The second-order valence-electron chi connectivity index (χ2n) is 8.42. The molecule has 1 atom stereocenters. The van der Waals surface area contributed by atoms with E-state index < -0.39 is 0 Å². The summed E-state index contributed by atoms with van der Waals surface area (Å²) >= 11 is 0. The number of aryl methyl sites for hydroxylation is 2. The van der Waals surface area contributed by atoms with E-state index in [-0.39, 0.29) is 24.0 Å². The van der Waals surface area contributed by atoms with Gasteiger partial charge in [-0.2, -0.15) is 0 Å². The summed E-state index contributed by atoms with van der Waals surface area (Å²) in [4.78, 5) is 7.13. The zero-order valence-electron chi connectivity index (χ0n) is 19.4. The summed E-state index contributed by atoms with van der Waals surface area (Å²) in [5, 5.41) is 3.43. The highest BCUT2D eigenvalue weighted by Crippen LogP contribution is 2.18. The number of likely N-dealkylation sites (tertiary alicyclic amines) is 1. The molecule has 1 aromatic carbocycles. The lowest BCUT2D eigenvalue weighted by atomic mass is 10.1. The molecule has 0 aliphatic carbocycles. The molecule has 0 aromatic heterocycles. The average molecular weight is 546 g/mol. The van der Waals surface area contributed by atoms with E-state index >= 15 is 0 Å². The first kappa shape index (κ1) is 26.2. The monoisotopic (exact) mass is 545 g/mol. The number of nitrogens with one attached hydrogen (secondary N) is 1. The summed E-state index contributed by atoms with van der Waals surface area (Å²) in [7, 11) is 0. The van der Waals surface area contributed by atoms with E-state index in [2.05, 4.69) is 49.2 Å². The van der Waals surface area contributed by atoms with Crippen LogP contribution in [-0.4, -0.2) is 69.1 Å². The topological polar surface area (TPSA) is 55.3 Å². The number of hydrogen-bond acceptors (Lipinski definition) is 4. The van der Waals surface area contributed by atoms with Crippen molar-refractivity contribution in [2.45, 2.75) is 65.1 Å². The van der Waals surface area contributed by atoms with E-state index in [0.29, 0.717) is 25.4 Å². The number of benzene rings is 1. The van der Waals surface area contributed by atoms with Crippen LogP contribution < -0.4 is 10.1 Å². The molecule has 1 unspecified atom stereocenters. The van der Waals surface area contributed by atoms with Gasteiger partial charge in [0.1, 0.15) is 12.4 Å². The quantitative estimate of drug-likeness (QED) is 0.228. The molecule has 2 aliphatic heterocycles. The van der Waals surface area contributed by atoms with E-state index in [1.807, 2.05) is 0 Å². The molecule has 3 rings (SSSR count). The molecule has 0 amide bonds. The highest BCUT2D eigenvalue weighted by atomic mass is 127. The van der Waals surface area contributed by atoms with Crippen molar-refractivity contribution in [1.29, 1.82) is 0 Å². The SMILES string of the molecule is CCNC(=NCCOc1cc(C)cc(C)c1)N1CCC(OCC2CCCCO2)CC1.I. The summed E-state index contributed by atoms with van der Waals surface area (Å²) < 4.78 is 17.8. The number of halogens is 1. The van der Waals surface area contributed by atoms with Crippen molar-refractivity contribution in [2.75, 3.05) is 46.0 Å². The Hall–Kier alpha value is -1.06. The normalized spacial score (nSPS) is 20.3. The van der Waals surface area contributed by atoms with Crippen molar-refractivity contribution >= 4 is 29.9 Å². The molecule has 6 nitrogen and oxygen atoms in total. The molecule has 1 N–H and O–H groups in total. The lowest BCUT2D eigenvalue weighted by Crippen LogP contribution is -2.47. The first-order valence-electron chi connectivity index (χ1n) is 11.6. The van der Waals surface area contributed by atoms with Crippen LogP contribution in [0.4, 0.5) is 0 Å². The molecular weight excluding hydrogens is 505 g/mol. The minimum Gasteiger partial charge on any atom is -0.492 e.